The first kappa shape index (κ1) is 25.8. The number of hydrogen-bond donors (Lipinski definition) is 1. The number of aromatic nitrogens is 2. The summed E-state index contributed by atoms with van der Waals surface area (Å²) in [5.41, 5.74) is -1.30. The van der Waals surface area contributed by atoms with Crippen molar-refractivity contribution in [3.63, 3.8) is 0 Å². The van der Waals surface area contributed by atoms with Crippen LogP contribution in [0.15, 0.2) is 27.6 Å². The van der Waals surface area contributed by atoms with Gasteiger partial charge >= 0.3 is 5.92 Å². The summed E-state index contributed by atoms with van der Waals surface area (Å²) >= 11 is 0. The van der Waals surface area contributed by atoms with Crippen LogP contribution in [0.25, 0.3) is 0 Å². The van der Waals surface area contributed by atoms with Gasteiger partial charge in [-0.15, -0.1) is 0 Å². The topological polar surface area (TPSA) is 105 Å². The van der Waals surface area contributed by atoms with Crippen molar-refractivity contribution < 1.29 is 30.9 Å². The molecule has 1 aromatic heterocycles. The van der Waals surface area contributed by atoms with E-state index in [9.17, 15) is 22.0 Å². The number of halogens is 3. The zero-order chi connectivity index (χ0) is 27.1. The molecule has 12 heteroatoms. The number of hydrogen-bond acceptors (Lipinski definition) is 6. The van der Waals surface area contributed by atoms with Gasteiger partial charge in [-0.05, 0) is 81.3 Å². The number of carbonyl (C=O) groups excluding carboxylic acids is 1. The van der Waals surface area contributed by atoms with Crippen LogP contribution in [-0.2, 0) is 26.2 Å². The van der Waals surface area contributed by atoms with Crippen molar-refractivity contribution in [1.82, 2.24) is 14.4 Å². The molecule has 6 saturated carbocycles. The lowest BCUT2D eigenvalue weighted by Crippen LogP contribution is -2.58. The highest BCUT2D eigenvalue weighted by Gasteiger charge is 2.61. The summed E-state index contributed by atoms with van der Waals surface area (Å²) in [7, 11) is -2.73. The van der Waals surface area contributed by atoms with Crippen LogP contribution in [-0.4, -0.2) is 42.4 Å². The van der Waals surface area contributed by atoms with Crippen LogP contribution >= 0.6 is 0 Å². The van der Waals surface area contributed by atoms with Crippen molar-refractivity contribution in [2.24, 2.45) is 16.7 Å². The van der Waals surface area contributed by atoms with E-state index in [4.69, 9.17) is 4.52 Å². The molecule has 1 amide bonds. The number of amides is 1. The molecule has 8 nitrogen and oxygen atoms in total. The van der Waals surface area contributed by atoms with Gasteiger partial charge in [0.1, 0.15) is 4.90 Å². The van der Waals surface area contributed by atoms with Crippen molar-refractivity contribution in [3.05, 3.63) is 35.7 Å². The van der Waals surface area contributed by atoms with Gasteiger partial charge in [-0.1, -0.05) is 11.2 Å². The Labute approximate surface area is 219 Å². The van der Waals surface area contributed by atoms with E-state index in [0.29, 0.717) is 57.2 Å². The maximum atomic E-state index is 15.4. The number of sulfonamides is 1. The lowest BCUT2D eigenvalue weighted by Gasteiger charge is -2.60. The third-order valence-electron chi connectivity index (χ3n) is 9.66. The van der Waals surface area contributed by atoms with Crippen LogP contribution in [0.1, 0.15) is 76.4 Å². The van der Waals surface area contributed by atoms with Crippen LogP contribution in [0, 0.1) is 22.6 Å². The summed E-state index contributed by atoms with van der Waals surface area (Å²) in [5.74, 6) is -4.23. The lowest BCUT2D eigenvalue weighted by atomic mass is 9.44. The van der Waals surface area contributed by atoms with E-state index >= 15 is 4.39 Å². The Hall–Kier alpha value is -2.47. The van der Waals surface area contributed by atoms with Crippen molar-refractivity contribution in [3.8, 4) is 0 Å². The molecule has 1 heterocycles. The number of alkyl halides is 2. The van der Waals surface area contributed by atoms with Crippen LogP contribution < -0.4 is 5.32 Å². The molecule has 0 aliphatic heterocycles. The first-order valence-corrected chi connectivity index (χ1v) is 14.5. The van der Waals surface area contributed by atoms with Crippen LogP contribution in [0.3, 0.4) is 0 Å². The summed E-state index contributed by atoms with van der Waals surface area (Å²) in [6, 6.07) is 4.05. The molecule has 8 rings (SSSR count). The van der Waals surface area contributed by atoms with E-state index in [1.807, 2.05) is 0 Å². The smallest absolute Gasteiger partial charge is 0.322 e. The SMILES string of the molecule is CN(CC12CCC(c3noc(C(C)(F)F)n3)(CC1)CC2)S(=O)(=O)c1cccc(NC(=O)C23CC(C2)C3)c1F. The molecule has 0 atom stereocenters. The van der Waals surface area contributed by atoms with E-state index < -0.39 is 43.4 Å². The maximum Gasteiger partial charge on any atom is 0.322 e. The molecule has 0 radical (unpaired) electrons. The highest BCUT2D eigenvalue weighted by Crippen LogP contribution is 2.64. The maximum absolute atomic E-state index is 15.4. The van der Waals surface area contributed by atoms with Gasteiger partial charge in [-0.25, -0.2) is 17.1 Å². The van der Waals surface area contributed by atoms with E-state index in [2.05, 4.69) is 15.5 Å². The number of fused-ring (bicyclic) bond motifs is 3. The van der Waals surface area contributed by atoms with E-state index in [1.165, 1.54) is 29.6 Å². The molecule has 0 saturated heterocycles. The molecular weight excluding hydrogens is 521 g/mol. The van der Waals surface area contributed by atoms with Gasteiger partial charge in [0.2, 0.25) is 15.9 Å². The average molecular weight is 553 g/mol. The molecular formula is C26H31F3N4O4S. The zero-order valence-corrected chi connectivity index (χ0v) is 22.2. The van der Waals surface area contributed by atoms with Gasteiger partial charge in [0.05, 0.1) is 11.1 Å². The quantitative estimate of drug-likeness (QED) is 0.496. The van der Waals surface area contributed by atoms with Gasteiger partial charge in [0, 0.05) is 25.9 Å². The van der Waals surface area contributed by atoms with Crippen molar-refractivity contribution >= 4 is 21.6 Å². The molecule has 2 aromatic rings. The molecule has 4 bridgehead atoms. The van der Waals surface area contributed by atoms with Crippen molar-refractivity contribution in [2.75, 3.05) is 18.9 Å². The molecule has 0 spiro atoms. The molecule has 6 aliphatic carbocycles. The summed E-state index contributed by atoms with van der Waals surface area (Å²) in [4.78, 5) is 16.2. The Morgan fingerprint density at radius 1 is 1.16 bits per heavy atom. The summed E-state index contributed by atoms with van der Waals surface area (Å²) in [6.07, 6.45) is 6.33. The lowest BCUT2D eigenvalue weighted by molar-refractivity contribution is -0.158. The minimum atomic E-state index is -4.17. The number of anilines is 1. The highest BCUT2D eigenvalue weighted by molar-refractivity contribution is 7.89. The van der Waals surface area contributed by atoms with Crippen LogP contribution in [0.2, 0.25) is 0 Å². The molecule has 1 aromatic carbocycles. The number of benzene rings is 1. The Morgan fingerprint density at radius 3 is 2.32 bits per heavy atom. The Bertz CT molecular complexity index is 1360. The highest BCUT2D eigenvalue weighted by atomic mass is 32.2. The third-order valence-corrected chi connectivity index (χ3v) is 11.5. The fourth-order valence-corrected chi connectivity index (χ4v) is 8.36. The van der Waals surface area contributed by atoms with Crippen LogP contribution in [0.4, 0.5) is 18.9 Å². The Morgan fingerprint density at radius 2 is 1.79 bits per heavy atom. The fourth-order valence-electron chi connectivity index (χ4n) is 7.00. The van der Waals surface area contributed by atoms with Gasteiger partial charge < -0.3 is 9.84 Å². The molecule has 1 N–H and O–H groups in total. The second-order valence-corrected chi connectivity index (χ2v) is 14.2. The van der Waals surface area contributed by atoms with Gasteiger partial charge in [0.15, 0.2) is 11.6 Å². The fraction of sp³-hybridized carbons (Fsp3) is 0.654. The number of nitrogens with zero attached hydrogens (tertiary/aromatic N) is 3. The summed E-state index contributed by atoms with van der Waals surface area (Å²) in [6.45, 7) is 0.921. The molecule has 0 unspecified atom stereocenters. The normalized spacial score (nSPS) is 32.1. The second-order valence-electron chi connectivity index (χ2n) is 12.2. The summed E-state index contributed by atoms with van der Waals surface area (Å²) in [5, 5.41) is 6.47. The molecule has 6 fully saturated rings. The predicted molar refractivity (Wildman–Crippen MR) is 130 cm³/mol. The molecule has 206 valence electrons. The molecule has 38 heavy (non-hydrogen) atoms. The van der Waals surface area contributed by atoms with Crippen molar-refractivity contribution in [2.45, 2.75) is 80.9 Å². The Kier molecular flexibility index (Phi) is 5.61. The standard InChI is InChI=1S/C26H31F3N4O4S/c1-23(28,29)22-31-20(32-37-22)25-9-6-24(7-10-25,8-11-25)15-33(2)38(35,36)18-5-3-4-17(19(18)27)30-21(34)26-12-16(13-26)14-26/h3-5,16H,6-15H2,1-2H3,(H,30,34). The number of rotatable bonds is 8. The Balaban J connectivity index is 1.15. The predicted octanol–water partition coefficient (Wildman–Crippen LogP) is 4.97. The van der Waals surface area contributed by atoms with Gasteiger partial charge in [-0.2, -0.15) is 13.8 Å². The number of carbonyl (C=O) groups is 1. The van der Waals surface area contributed by atoms with Gasteiger partial charge in [-0.3, -0.25) is 4.79 Å². The van der Waals surface area contributed by atoms with E-state index in [-0.39, 0.29) is 23.6 Å². The first-order valence-electron chi connectivity index (χ1n) is 13.1. The zero-order valence-electron chi connectivity index (χ0n) is 21.4. The second kappa shape index (κ2) is 8.27. The van der Waals surface area contributed by atoms with Crippen molar-refractivity contribution in [1.29, 1.82) is 0 Å². The largest absolute Gasteiger partial charge is 0.333 e. The van der Waals surface area contributed by atoms with Crippen LogP contribution in [0.5, 0.6) is 0 Å². The van der Waals surface area contributed by atoms with Gasteiger partial charge in [0.25, 0.3) is 5.89 Å². The first-order chi connectivity index (χ1) is 17.8. The summed E-state index contributed by atoms with van der Waals surface area (Å²) < 4.78 is 75.6. The van der Waals surface area contributed by atoms with E-state index in [0.717, 1.165) is 19.3 Å². The minimum Gasteiger partial charge on any atom is -0.333 e. The molecule has 6 aliphatic rings. The average Bonchev–Trinajstić information content (AvgIpc) is 3.31. The number of nitrogens with one attached hydrogen (secondary N) is 1. The monoisotopic (exact) mass is 552 g/mol. The van der Waals surface area contributed by atoms with E-state index in [1.54, 1.807) is 0 Å². The third kappa shape index (κ3) is 3.89. The minimum absolute atomic E-state index is 0.121.